The zero-order valence-corrected chi connectivity index (χ0v) is 19.4. The first-order chi connectivity index (χ1) is 15.8. The van der Waals surface area contributed by atoms with E-state index >= 15 is 0 Å². The van der Waals surface area contributed by atoms with Gasteiger partial charge in [-0.2, -0.15) is 13.2 Å². The van der Waals surface area contributed by atoms with E-state index in [2.05, 4.69) is 25.8 Å². The SMILES string of the molecule is O=C1C2=C(CCN(Cc3ccccc3Br)C2)N2CCN=C2N1Cc1ccccc1C(F)(F)F. The van der Waals surface area contributed by atoms with Crippen LogP contribution >= 0.6 is 15.9 Å². The first-order valence-corrected chi connectivity index (χ1v) is 11.6. The second-order valence-electron chi connectivity index (χ2n) is 8.36. The van der Waals surface area contributed by atoms with Crippen LogP contribution in [0.4, 0.5) is 13.2 Å². The number of halogens is 4. The first kappa shape index (κ1) is 22.2. The number of amides is 1. The molecule has 2 aromatic carbocycles. The van der Waals surface area contributed by atoms with Crippen LogP contribution < -0.4 is 0 Å². The van der Waals surface area contributed by atoms with Gasteiger partial charge in [0.15, 0.2) is 0 Å². The number of rotatable bonds is 4. The molecule has 0 aliphatic carbocycles. The van der Waals surface area contributed by atoms with Crippen molar-refractivity contribution in [3.63, 3.8) is 0 Å². The lowest BCUT2D eigenvalue weighted by Crippen LogP contribution is -2.53. The van der Waals surface area contributed by atoms with Gasteiger partial charge >= 0.3 is 6.18 Å². The normalized spacial score (nSPS) is 19.0. The topological polar surface area (TPSA) is 39.2 Å². The van der Waals surface area contributed by atoms with E-state index in [0.717, 1.165) is 28.3 Å². The van der Waals surface area contributed by atoms with Gasteiger partial charge in [0.2, 0.25) is 5.96 Å². The number of benzene rings is 2. The van der Waals surface area contributed by atoms with Gasteiger partial charge in [0, 0.05) is 42.8 Å². The molecule has 3 aliphatic rings. The Morgan fingerprint density at radius 1 is 0.970 bits per heavy atom. The lowest BCUT2D eigenvalue weighted by Gasteiger charge is -2.42. The second kappa shape index (κ2) is 8.61. The molecule has 5 nitrogen and oxygen atoms in total. The van der Waals surface area contributed by atoms with Gasteiger partial charge in [-0.25, -0.2) is 0 Å². The molecular formula is C24H22BrF3N4O. The Balaban J connectivity index is 1.43. The fourth-order valence-electron chi connectivity index (χ4n) is 4.72. The van der Waals surface area contributed by atoms with Crippen LogP contribution in [0.2, 0.25) is 0 Å². The Morgan fingerprint density at radius 2 is 1.70 bits per heavy atom. The maximum absolute atomic E-state index is 13.6. The molecule has 0 atom stereocenters. The summed E-state index contributed by atoms with van der Waals surface area (Å²) in [4.78, 5) is 23.7. The predicted molar refractivity (Wildman–Crippen MR) is 122 cm³/mol. The number of alkyl halides is 3. The van der Waals surface area contributed by atoms with E-state index in [-0.39, 0.29) is 18.0 Å². The number of hydrogen-bond donors (Lipinski definition) is 0. The highest BCUT2D eigenvalue weighted by Crippen LogP contribution is 2.36. The van der Waals surface area contributed by atoms with E-state index in [4.69, 9.17) is 0 Å². The maximum atomic E-state index is 13.6. The third-order valence-electron chi connectivity index (χ3n) is 6.29. The number of carbonyl (C=O) groups is 1. The molecule has 0 bridgehead atoms. The monoisotopic (exact) mass is 518 g/mol. The Kier molecular flexibility index (Phi) is 5.78. The van der Waals surface area contributed by atoms with Crippen molar-refractivity contribution in [2.45, 2.75) is 25.7 Å². The van der Waals surface area contributed by atoms with Gasteiger partial charge in [-0.05, 0) is 23.3 Å². The van der Waals surface area contributed by atoms with Crippen LogP contribution in [-0.4, -0.2) is 52.7 Å². The quantitative estimate of drug-likeness (QED) is 0.591. The Labute approximate surface area is 198 Å². The molecule has 0 saturated carbocycles. The second-order valence-corrected chi connectivity index (χ2v) is 9.21. The van der Waals surface area contributed by atoms with E-state index in [1.807, 2.05) is 29.2 Å². The molecule has 0 unspecified atom stereocenters. The van der Waals surface area contributed by atoms with Crippen molar-refractivity contribution in [3.8, 4) is 0 Å². The summed E-state index contributed by atoms with van der Waals surface area (Å²) in [6, 6.07) is 13.4. The molecule has 3 heterocycles. The molecule has 5 rings (SSSR count). The predicted octanol–water partition coefficient (Wildman–Crippen LogP) is 4.64. The first-order valence-electron chi connectivity index (χ1n) is 10.8. The summed E-state index contributed by atoms with van der Waals surface area (Å²) >= 11 is 3.58. The summed E-state index contributed by atoms with van der Waals surface area (Å²) in [5.41, 5.74) is 2.09. The molecule has 1 amide bonds. The lowest BCUT2D eigenvalue weighted by molar-refractivity contribution is -0.139. The number of aliphatic imine (C=N–C) groups is 1. The Bertz CT molecular complexity index is 1160. The highest BCUT2D eigenvalue weighted by atomic mass is 79.9. The molecule has 0 N–H and O–H groups in total. The largest absolute Gasteiger partial charge is 0.416 e. The number of fused-ring (bicyclic) bond motifs is 2. The van der Waals surface area contributed by atoms with E-state index in [0.29, 0.717) is 44.1 Å². The molecule has 0 radical (unpaired) electrons. The Morgan fingerprint density at radius 3 is 2.45 bits per heavy atom. The summed E-state index contributed by atoms with van der Waals surface area (Å²) in [7, 11) is 0. The molecule has 0 spiro atoms. The zero-order chi connectivity index (χ0) is 23.2. The van der Waals surface area contributed by atoms with Crippen LogP contribution in [0.1, 0.15) is 23.1 Å². The number of hydrogen-bond acceptors (Lipinski definition) is 4. The highest BCUT2D eigenvalue weighted by Gasteiger charge is 2.42. The smallest absolute Gasteiger partial charge is 0.314 e. The van der Waals surface area contributed by atoms with Crippen molar-refractivity contribution in [3.05, 3.63) is 81.0 Å². The highest BCUT2D eigenvalue weighted by molar-refractivity contribution is 9.10. The van der Waals surface area contributed by atoms with E-state index in [9.17, 15) is 18.0 Å². The minimum Gasteiger partial charge on any atom is -0.314 e. The molecule has 33 heavy (non-hydrogen) atoms. The maximum Gasteiger partial charge on any atom is 0.416 e. The molecule has 0 aromatic heterocycles. The van der Waals surface area contributed by atoms with Crippen molar-refractivity contribution in [1.82, 2.24) is 14.7 Å². The Hall–Kier alpha value is -2.65. The summed E-state index contributed by atoms with van der Waals surface area (Å²) in [6.07, 6.45) is -3.78. The van der Waals surface area contributed by atoms with Crippen LogP contribution in [0, 0.1) is 0 Å². The summed E-state index contributed by atoms with van der Waals surface area (Å²) in [5, 5.41) is 0. The van der Waals surface area contributed by atoms with Crippen LogP contribution in [0.3, 0.4) is 0 Å². The standard InChI is InChI=1S/C24H22BrF3N4O/c25-20-8-4-2-6-17(20)13-30-11-9-21-18(15-30)22(33)32(23-29-10-12-31(21)23)14-16-5-1-3-7-19(16)24(26,27)28/h1-8H,9-15H2. The molecule has 9 heteroatoms. The number of guanidine groups is 1. The van der Waals surface area contributed by atoms with Crippen molar-refractivity contribution in [2.24, 2.45) is 4.99 Å². The van der Waals surface area contributed by atoms with Crippen molar-refractivity contribution >= 4 is 27.8 Å². The molecule has 0 saturated heterocycles. The molecule has 0 fully saturated rings. The average molecular weight is 519 g/mol. The molecular weight excluding hydrogens is 497 g/mol. The van der Waals surface area contributed by atoms with Crippen molar-refractivity contribution < 1.29 is 18.0 Å². The minimum absolute atomic E-state index is 0.0674. The van der Waals surface area contributed by atoms with Crippen LogP contribution in [0.15, 0.2) is 69.3 Å². The van der Waals surface area contributed by atoms with Crippen LogP contribution in [0.25, 0.3) is 0 Å². The number of carbonyl (C=O) groups excluding carboxylic acids is 1. The third-order valence-corrected chi connectivity index (χ3v) is 7.06. The van der Waals surface area contributed by atoms with E-state index in [1.165, 1.54) is 17.0 Å². The van der Waals surface area contributed by atoms with Gasteiger partial charge in [-0.15, -0.1) is 0 Å². The van der Waals surface area contributed by atoms with Crippen LogP contribution in [0.5, 0.6) is 0 Å². The lowest BCUT2D eigenvalue weighted by atomic mass is 9.99. The summed E-state index contributed by atoms with van der Waals surface area (Å²) in [5.74, 6) is 0.214. The fourth-order valence-corrected chi connectivity index (χ4v) is 5.13. The van der Waals surface area contributed by atoms with Crippen molar-refractivity contribution in [2.75, 3.05) is 26.2 Å². The summed E-state index contributed by atoms with van der Waals surface area (Å²) < 4.78 is 41.7. The van der Waals surface area contributed by atoms with Crippen molar-refractivity contribution in [1.29, 1.82) is 0 Å². The zero-order valence-electron chi connectivity index (χ0n) is 17.8. The van der Waals surface area contributed by atoms with Gasteiger partial charge in [-0.3, -0.25) is 19.6 Å². The fraction of sp³-hybridized carbons (Fsp3) is 0.333. The van der Waals surface area contributed by atoms with Gasteiger partial charge in [0.25, 0.3) is 5.91 Å². The van der Waals surface area contributed by atoms with Gasteiger partial charge in [-0.1, -0.05) is 52.3 Å². The number of nitrogens with zero attached hydrogens (tertiary/aromatic N) is 4. The third kappa shape index (κ3) is 4.19. The van der Waals surface area contributed by atoms with Crippen LogP contribution in [-0.2, 0) is 24.1 Å². The van der Waals surface area contributed by atoms with Gasteiger partial charge in [0.1, 0.15) is 0 Å². The molecule has 3 aliphatic heterocycles. The molecule has 2 aromatic rings. The summed E-state index contributed by atoms with van der Waals surface area (Å²) in [6.45, 7) is 2.94. The van der Waals surface area contributed by atoms with E-state index < -0.39 is 11.7 Å². The minimum atomic E-state index is -4.48. The molecule has 172 valence electrons. The van der Waals surface area contributed by atoms with Gasteiger partial charge < -0.3 is 4.90 Å². The van der Waals surface area contributed by atoms with Gasteiger partial charge in [0.05, 0.1) is 24.2 Å². The van der Waals surface area contributed by atoms with E-state index in [1.54, 1.807) is 6.07 Å². The average Bonchev–Trinajstić information content (AvgIpc) is 3.28.